The van der Waals surface area contributed by atoms with E-state index >= 15 is 0 Å². The molecule has 1 aromatic heterocycles. The van der Waals surface area contributed by atoms with E-state index < -0.39 is 5.91 Å². The van der Waals surface area contributed by atoms with E-state index in [-0.39, 0.29) is 18.2 Å². The molecule has 0 fully saturated rings. The molecule has 1 atom stereocenters. The molecule has 0 bridgehead atoms. The molecular formula is C22H25N3O2. The number of amides is 1. The predicted molar refractivity (Wildman–Crippen MR) is 104 cm³/mol. The Labute approximate surface area is 160 Å². The Morgan fingerprint density at radius 1 is 1.30 bits per heavy atom. The minimum absolute atomic E-state index is 0.0537. The zero-order valence-electron chi connectivity index (χ0n) is 15.6. The van der Waals surface area contributed by atoms with Gasteiger partial charge < -0.3 is 15.1 Å². The van der Waals surface area contributed by atoms with Gasteiger partial charge in [0.15, 0.2) is 0 Å². The first-order valence-electron chi connectivity index (χ1n) is 9.50. The lowest BCUT2D eigenvalue weighted by atomic mass is 9.89. The maximum atomic E-state index is 12.2. The Kier molecular flexibility index (Phi) is 6.32. The lowest BCUT2D eigenvalue weighted by molar-refractivity contribution is -0.117. The second kappa shape index (κ2) is 9.09. The van der Waals surface area contributed by atoms with Crippen molar-refractivity contribution in [2.75, 3.05) is 0 Å². The molecule has 2 N–H and O–H groups in total. The van der Waals surface area contributed by atoms with Gasteiger partial charge in [-0.1, -0.05) is 25.1 Å². The third-order valence-corrected chi connectivity index (χ3v) is 4.98. The maximum absolute atomic E-state index is 12.2. The Bertz CT molecular complexity index is 847. The van der Waals surface area contributed by atoms with Crippen molar-refractivity contribution in [2.45, 2.75) is 51.6 Å². The molecule has 0 saturated heterocycles. The minimum atomic E-state index is -0.415. The number of hydrogen-bond acceptors (Lipinski definition) is 4. The summed E-state index contributed by atoms with van der Waals surface area (Å²) in [4.78, 5) is 12.2. The molecule has 5 heteroatoms. The van der Waals surface area contributed by atoms with E-state index in [1.165, 1.54) is 35.7 Å². The number of furan rings is 1. The summed E-state index contributed by atoms with van der Waals surface area (Å²) < 4.78 is 5.18. The molecule has 1 amide bonds. The van der Waals surface area contributed by atoms with Gasteiger partial charge in [0.1, 0.15) is 17.4 Å². The van der Waals surface area contributed by atoms with Gasteiger partial charge >= 0.3 is 0 Å². The van der Waals surface area contributed by atoms with E-state index in [0.717, 1.165) is 19.3 Å². The van der Waals surface area contributed by atoms with E-state index in [0.29, 0.717) is 5.76 Å². The normalized spacial score (nSPS) is 14.7. The molecule has 140 valence electrons. The van der Waals surface area contributed by atoms with Crippen molar-refractivity contribution >= 4 is 5.91 Å². The smallest absolute Gasteiger partial charge is 0.263 e. The number of benzene rings is 1. The highest BCUT2D eigenvalue weighted by Gasteiger charge is 2.15. The van der Waals surface area contributed by atoms with Crippen molar-refractivity contribution in [2.24, 2.45) is 0 Å². The molecule has 2 aromatic rings. The Morgan fingerprint density at radius 3 is 2.81 bits per heavy atom. The fourth-order valence-electron chi connectivity index (χ4n) is 3.43. The number of carbonyl (C=O) groups excluding carboxylic acids is 1. The second-order valence-corrected chi connectivity index (χ2v) is 6.79. The number of fused-ring (bicyclic) bond motifs is 1. The highest BCUT2D eigenvalue weighted by molar-refractivity contribution is 5.97. The third kappa shape index (κ3) is 4.79. The Balaban J connectivity index is 1.65. The van der Waals surface area contributed by atoms with Gasteiger partial charge in [0, 0.05) is 6.20 Å². The van der Waals surface area contributed by atoms with E-state index in [1.54, 1.807) is 18.4 Å². The lowest BCUT2D eigenvalue weighted by Crippen LogP contribution is -2.25. The van der Waals surface area contributed by atoms with Crippen molar-refractivity contribution in [1.82, 2.24) is 10.6 Å². The van der Waals surface area contributed by atoms with Crippen LogP contribution in [0.5, 0.6) is 0 Å². The fraction of sp³-hybridized carbons (Fsp3) is 0.364. The molecule has 3 rings (SSSR count). The second-order valence-electron chi connectivity index (χ2n) is 6.79. The summed E-state index contributed by atoms with van der Waals surface area (Å²) in [6.07, 6.45) is 8.74. The summed E-state index contributed by atoms with van der Waals surface area (Å²) in [6.45, 7) is 2.35. The molecule has 0 spiro atoms. The number of aryl methyl sites for hydroxylation is 2. The number of nitrogens with zero attached hydrogens (tertiary/aromatic N) is 1. The van der Waals surface area contributed by atoms with Crippen LogP contribution in [0.3, 0.4) is 0 Å². The molecule has 1 aliphatic rings. The van der Waals surface area contributed by atoms with E-state index in [2.05, 4.69) is 35.8 Å². The zero-order valence-corrected chi connectivity index (χ0v) is 15.6. The molecule has 0 saturated carbocycles. The number of carbonyl (C=O) groups is 1. The van der Waals surface area contributed by atoms with Crippen LogP contribution in [-0.4, -0.2) is 5.91 Å². The van der Waals surface area contributed by atoms with Crippen LogP contribution in [0.15, 0.2) is 52.8 Å². The SMILES string of the molecule is CCC(N/C=C(/C#N)C(=O)NCc1ccco1)c1ccc2c(c1)CCCC2. The van der Waals surface area contributed by atoms with Crippen molar-refractivity contribution < 1.29 is 9.21 Å². The lowest BCUT2D eigenvalue weighted by Gasteiger charge is -2.21. The van der Waals surface area contributed by atoms with Crippen molar-refractivity contribution in [3.63, 3.8) is 0 Å². The predicted octanol–water partition coefficient (Wildman–Crippen LogP) is 3.92. The summed E-state index contributed by atoms with van der Waals surface area (Å²) in [7, 11) is 0. The van der Waals surface area contributed by atoms with Gasteiger partial charge in [-0.2, -0.15) is 5.26 Å². The van der Waals surface area contributed by atoms with Crippen LogP contribution in [0.1, 0.15) is 54.7 Å². The summed E-state index contributed by atoms with van der Waals surface area (Å²) in [5.41, 5.74) is 4.13. The van der Waals surface area contributed by atoms with Gasteiger partial charge in [-0.05, 0) is 60.9 Å². The van der Waals surface area contributed by atoms with Gasteiger partial charge in [-0.3, -0.25) is 4.79 Å². The summed E-state index contributed by atoms with van der Waals surface area (Å²) in [5.74, 6) is 0.232. The molecule has 5 nitrogen and oxygen atoms in total. The highest BCUT2D eigenvalue weighted by Crippen LogP contribution is 2.26. The van der Waals surface area contributed by atoms with Crippen LogP contribution in [0.2, 0.25) is 0 Å². The summed E-state index contributed by atoms with van der Waals surface area (Å²) in [6, 6.07) is 12.2. The number of hydrogen-bond donors (Lipinski definition) is 2. The number of rotatable bonds is 7. The number of nitrogens with one attached hydrogen (secondary N) is 2. The van der Waals surface area contributed by atoms with Gasteiger partial charge in [0.2, 0.25) is 0 Å². The van der Waals surface area contributed by atoms with Gasteiger partial charge in [-0.25, -0.2) is 0 Å². The fourth-order valence-corrected chi connectivity index (χ4v) is 3.43. The van der Waals surface area contributed by atoms with E-state index in [1.807, 2.05) is 6.07 Å². The molecule has 27 heavy (non-hydrogen) atoms. The quantitative estimate of drug-likeness (QED) is 0.577. The maximum Gasteiger partial charge on any atom is 0.263 e. The van der Waals surface area contributed by atoms with Crippen molar-refractivity contribution in [3.05, 3.63) is 70.8 Å². The molecular weight excluding hydrogens is 338 g/mol. The van der Waals surface area contributed by atoms with Crippen LogP contribution >= 0.6 is 0 Å². The minimum Gasteiger partial charge on any atom is -0.467 e. The van der Waals surface area contributed by atoms with E-state index in [9.17, 15) is 10.1 Å². The van der Waals surface area contributed by atoms with Gasteiger partial charge in [0.25, 0.3) is 5.91 Å². The van der Waals surface area contributed by atoms with E-state index in [4.69, 9.17) is 4.42 Å². The molecule has 0 radical (unpaired) electrons. The van der Waals surface area contributed by atoms with Crippen LogP contribution in [0.25, 0.3) is 0 Å². The molecule has 1 unspecified atom stereocenters. The largest absolute Gasteiger partial charge is 0.467 e. The van der Waals surface area contributed by atoms with Crippen LogP contribution < -0.4 is 10.6 Å². The first kappa shape index (κ1) is 18.8. The Morgan fingerprint density at radius 2 is 2.11 bits per heavy atom. The average Bonchev–Trinajstić information content (AvgIpc) is 3.23. The van der Waals surface area contributed by atoms with Gasteiger partial charge in [0.05, 0.1) is 18.8 Å². The van der Waals surface area contributed by atoms with Crippen LogP contribution in [-0.2, 0) is 24.2 Å². The van der Waals surface area contributed by atoms with Gasteiger partial charge in [-0.15, -0.1) is 0 Å². The molecule has 1 aromatic carbocycles. The Hall–Kier alpha value is -3.00. The molecule has 0 aliphatic heterocycles. The van der Waals surface area contributed by atoms with Crippen molar-refractivity contribution in [3.8, 4) is 6.07 Å². The number of nitriles is 1. The van der Waals surface area contributed by atoms with Crippen molar-refractivity contribution in [1.29, 1.82) is 5.26 Å². The van der Waals surface area contributed by atoms with Crippen LogP contribution in [0, 0.1) is 11.3 Å². The summed E-state index contributed by atoms with van der Waals surface area (Å²) >= 11 is 0. The molecule has 1 heterocycles. The third-order valence-electron chi connectivity index (χ3n) is 4.98. The summed E-state index contributed by atoms with van der Waals surface area (Å²) in [5, 5.41) is 15.3. The first-order valence-corrected chi connectivity index (χ1v) is 9.50. The average molecular weight is 363 g/mol. The zero-order chi connectivity index (χ0) is 19.1. The molecule has 1 aliphatic carbocycles. The first-order chi connectivity index (χ1) is 13.2. The van der Waals surface area contributed by atoms with Crippen LogP contribution in [0.4, 0.5) is 0 Å². The standard InChI is InChI=1S/C22H25N3O2/c1-2-21(18-10-9-16-6-3-4-7-17(16)12-18)24-14-19(13-23)22(26)25-15-20-8-5-11-27-20/h5,8-12,14,21,24H,2-4,6-7,15H2,1H3,(H,25,26)/b19-14-. The topological polar surface area (TPSA) is 78.1 Å². The monoisotopic (exact) mass is 363 g/mol. The highest BCUT2D eigenvalue weighted by atomic mass is 16.3.